The molecule has 0 unspecified atom stereocenters. The quantitative estimate of drug-likeness (QED) is 0.516. The molecule has 0 bridgehead atoms. The van der Waals surface area contributed by atoms with Gasteiger partial charge in [-0.05, 0) is 48.4 Å². The van der Waals surface area contributed by atoms with Crippen molar-refractivity contribution in [3.05, 3.63) is 66.7 Å². The number of nitrogens with one attached hydrogen (secondary N) is 1. The van der Waals surface area contributed by atoms with E-state index in [9.17, 15) is 8.42 Å². The second-order valence-electron chi connectivity index (χ2n) is 6.49. The Hall–Kier alpha value is -2.35. The van der Waals surface area contributed by atoms with Crippen LogP contribution in [0.3, 0.4) is 0 Å². The lowest BCUT2D eigenvalue weighted by Crippen LogP contribution is -2.36. The van der Waals surface area contributed by atoms with E-state index in [4.69, 9.17) is 9.47 Å². The van der Waals surface area contributed by atoms with Crippen molar-refractivity contribution in [2.45, 2.75) is 17.9 Å². The minimum absolute atomic E-state index is 0.216. The zero-order valence-electron chi connectivity index (χ0n) is 15.8. The normalized spacial score (nSPS) is 14.6. The lowest BCUT2D eigenvalue weighted by atomic mass is 10.2. The van der Waals surface area contributed by atoms with Crippen LogP contribution >= 0.6 is 0 Å². The largest absolute Gasteiger partial charge is 0.493 e. The molecule has 2 aromatic carbocycles. The monoisotopic (exact) mass is 402 g/mol. The smallest absolute Gasteiger partial charge is 0.240 e. The van der Waals surface area contributed by atoms with E-state index in [0.717, 1.165) is 44.0 Å². The zero-order chi connectivity index (χ0) is 19.8. The van der Waals surface area contributed by atoms with Crippen molar-refractivity contribution in [2.75, 3.05) is 37.8 Å². The fraction of sp³-hybridized carbons (Fsp3) is 0.333. The summed E-state index contributed by atoms with van der Waals surface area (Å²) in [5.74, 6) is 0.638. The average Bonchev–Trinajstić information content (AvgIpc) is 2.74. The zero-order valence-corrected chi connectivity index (χ0v) is 16.7. The lowest BCUT2D eigenvalue weighted by Gasteiger charge is -2.28. The van der Waals surface area contributed by atoms with Gasteiger partial charge in [-0.1, -0.05) is 18.2 Å². The minimum Gasteiger partial charge on any atom is -0.493 e. The molecular formula is C21H26N2O4S. The number of sulfonamides is 1. The second-order valence-corrected chi connectivity index (χ2v) is 8.25. The van der Waals surface area contributed by atoms with Gasteiger partial charge in [0, 0.05) is 25.3 Å². The van der Waals surface area contributed by atoms with E-state index >= 15 is 0 Å². The molecule has 1 N–H and O–H groups in total. The van der Waals surface area contributed by atoms with E-state index < -0.39 is 10.0 Å². The first-order chi connectivity index (χ1) is 13.6. The molecule has 1 aliphatic rings. The summed E-state index contributed by atoms with van der Waals surface area (Å²) in [6.07, 6.45) is 2.52. The first-order valence-corrected chi connectivity index (χ1v) is 10.8. The van der Waals surface area contributed by atoms with Crippen molar-refractivity contribution in [1.82, 2.24) is 4.72 Å². The van der Waals surface area contributed by atoms with Crippen LogP contribution in [0.4, 0.5) is 5.69 Å². The summed E-state index contributed by atoms with van der Waals surface area (Å²) in [5.41, 5.74) is 2.03. The van der Waals surface area contributed by atoms with Gasteiger partial charge in [0.1, 0.15) is 5.75 Å². The molecule has 6 nitrogen and oxygen atoms in total. The van der Waals surface area contributed by atoms with Gasteiger partial charge in [0.25, 0.3) is 0 Å². The van der Waals surface area contributed by atoms with Crippen molar-refractivity contribution in [2.24, 2.45) is 0 Å². The summed E-state index contributed by atoms with van der Waals surface area (Å²) in [4.78, 5) is 2.48. The van der Waals surface area contributed by atoms with E-state index in [2.05, 4.69) is 16.2 Å². The molecule has 3 rings (SSSR count). The van der Waals surface area contributed by atoms with Gasteiger partial charge in [0.05, 0.1) is 24.7 Å². The van der Waals surface area contributed by atoms with Crippen LogP contribution in [0.5, 0.6) is 5.75 Å². The Balaban J connectivity index is 1.56. The number of benzene rings is 2. The third kappa shape index (κ3) is 5.58. The van der Waals surface area contributed by atoms with Gasteiger partial charge in [-0.3, -0.25) is 0 Å². The first kappa shape index (κ1) is 20.4. The number of ether oxygens (including phenoxy) is 2. The topological polar surface area (TPSA) is 67.9 Å². The number of nitrogens with zero attached hydrogens (tertiary/aromatic N) is 1. The number of morpholine rings is 1. The number of anilines is 1. The lowest BCUT2D eigenvalue weighted by molar-refractivity contribution is 0.122. The highest BCUT2D eigenvalue weighted by molar-refractivity contribution is 7.89. The Morgan fingerprint density at radius 1 is 1.07 bits per heavy atom. The fourth-order valence-electron chi connectivity index (χ4n) is 2.88. The van der Waals surface area contributed by atoms with Gasteiger partial charge in [-0.15, -0.1) is 6.58 Å². The maximum absolute atomic E-state index is 12.5. The standard InChI is InChI=1S/C21H26N2O4S/c1-2-3-14-27-20-8-10-21(11-9-20)28(24,25)22-17-18-4-6-19(7-5-18)23-12-15-26-16-13-23/h2,4-11,22H,1,3,12-17H2. The fourth-order valence-corrected chi connectivity index (χ4v) is 3.90. The molecule has 7 heteroatoms. The molecule has 0 amide bonds. The second kappa shape index (κ2) is 9.73. The summed E-state index contributed by atoms with van der Waals surface area (Å²) in [6, 6.07) is 14.4. The predicted octanol–water partition coefficient (Wildman–Crippen LogP) is 2.96. The third-order valence-electron chi connectivity index (χ3n) is 4.50. The SMILES string of the molecule is C=CCCOc1ccc(S(=O)(=O)NCc2ccc(N3CCOCC3)cc2)cc1. The summed E-state index contributed by atoms with van der Waals surface area (Å²) in [6.45, 7) is 7.62. The molecule has 0 saturated carbocycles. The Kier molecular flexibility index (Phi) is 7.08. The number of rotatable bonds is 9. The molecule has 2 aromatic rings. The van der Waals surface area contributed by atoms with E-state index in [0.29, 0.717) is 12.4 Å². The van der Waals surface area contributed by atoms with Crippen LogP contribution in [-0.4, -0.2) is 41.3 Å². The molecule has 0 atom stereocenters. The molecule has 150 valence electrons. The Morgan fingerprint density at radius 2 is 1.75 bits per heavy atom. The summed E-state index contributed by atoms with van der Waals surface area (Å²) < 4.78 is 38.5. The third-order valence-corrected chi connectivity index (χ3v) is 5.92. The van der Waals surface area contributed by atoms with Crippen molar-refractivity contribution < 1.29 is 17.9 Å². The van der Waals surface area contributed by atoms with Crippen LogP contribution < -0.4 is 14.4 Å². The van der Waals surface area contributed by atoms with Crippen LogP contribution in [0, 0.1) is 0 Å². The molecule has 1 fully saturated rings. The molecule has 0 aromatic heterocycles. The summed E-state index contributed by atoms with van der Waals surface area (Å²) in [5, 5.41) is 0. The van der Waals surface area contributed by atoms with Gasteiger partial charge >= 0.3 is 0 Å². The van der Waals surface area contributed by atoms with Crippen LogP contribution in [0.2, 0.25) is 0 Å². The maximum Gasteiger partial charge on any atom is 0.240 e. The maximum atomic E-state index is 12.5. The van der Waals surface area contributed by atoms with Crippen molar-refractivity contribution in [3.63, 3.8) is 0 Å². The predicted molar refractivity (Wildman–Crippen MR) is 110 cm³/mol. The molecule has 1 heterocycles. The highest BCUT2D eigenvalue weighted by Gasteiger charge is 2.14. The summed E-state index contributed by atoms with van der Waals surface area (Å²) in [7, 11) is -3.58. The van der Waals surface area contributed by atoms with E-state index in [1.165, 1.54) is 0 Å². The van der Waals surface area contributed by atoms with Gasteiger partial charge in [-0.25, -0.2) is 13.1 Å². The van der Waals surface area contributed by atoms with Crippen molar-refractivity contribution >= 4 is 15.7 Å². The average molecular weight is 403 g/mol. The first-order valence-electron chi connectivity index (χ1n) is 9.33. The van der Waals surface area contributed by atoms with E-state index in [1.54, 1.807) is 30.3 Å². The Bertz CT molecular complexity index is 858. The molecule has 28 heavy (non-hydrogen) atoms. The molecule has 1 aliphatic heterocycles. The van der Waals surface area contributed by atoms with E-state index in [-0.39, 0.29) is 11.4 Å². The van der Waals surface area contributed by atoms with Gasteiger partial charge in [-0.2, -0.15) is 0 Å². The highest BCUT2D eigenvalue weighted by atomic mass is 32.2. The molecule has 0 radical (unpaired) electrons. The van der Waals surface area contributed by atoms with Crippen LogP contribution in [0.15, 0.2) is 66.1 Å². The van der Waals surface area contributed by atoms with Crippen LogP contribution in [0.1, 0.15) is 12.0 Å². The van der Waals surface area contributed by atoms with Gasteiger partial charge in [0.2, 0.25) is 10.0 Å². The highest BCUT2D eigenvalue weighted by Crippen LogP contribution is 2.18. The minimum atomic E-state index is -3.58. The summed E-state index contributed by atoms with van der Waals surface area (Å²) >= 11 is 0. The Morgan fingerprint density at radius 3 is 2.39 bits per heavy atom. The molecule has 0 aliphatic carbocycles. The molecule has 0 spiro atoms. The number of hydrogen-bond acceptors (Lipinski definition) is 5. The molecular weight excluding hydrogens is 376 g/mol. The van der Waals surface area contributed by atoms with Gasteiger partial charge in [0.15, 0.2) is 0 Å². The van der Waals surface area contributed by atoms with Gasteiger partial charge < -0.3 is 14.4 Å². The molecule has 1 saturated heterocycles. The van der Waals surface area contributed by atoms with Crippen molar-refractivity contribution in [3.8, 4) is 5.75 Å². The van der Waals surface area contributed by atoms with E-state index in [1.807, 2.05) is 24.3 Å². The van der Waals surface area contributed by atoms with Crippen LogP contribution in [0.25, 0.3) is 0 Å². The Labute approximate surface area is 166 Å². The number of hydrogen-bond donors (Lipinski definition) is 1. The van der Waals surface area contributed by atoms with Crippen LogP contribution in [-0.2, 0) is 21.3 Å². The van der Waals surface area contributed by atoms with Crippen molar-refractivity contribution in [1.29, 1.82) is 0 Å².